The van der Waals surface area contributed by atoms with Gasteiger partial charge >= 0.3 is 35.8 Å². The van der Waals surface area contributed by atoms with E-state index in [2.05, 4.69) is 0 Å². The van der Waals surface area contributed by atoms with Crippen molar-refractivity contribution in [2.45, 2.75) is 153 Å². The number of fused-ring (bicyclic) bond motifs is 2. The monoisotopic (exact) mass is 996 g/mol. The molecule has 1 heterocycles. The van der Waals surface area contributed by atoms with Gasteiger partial charge in [0.2, 0.25) is 6.43 Å². The molecule has 69 heavy (non-hydrogen) atoms. The highest BCUT2D eigenvalue weighted by atomic mass is 19.4. The minimum absolute atomic E-state index is 0.0236. The zero-order valence-corrected chi connectivity index (χ0v) is 39.0. The Bertz CT molecular complexity index is 2340. The summed E-state index contributed by atoms with van der Waals surface area (Å²) in [5.74, 6) is -29.3. The molecule has 1 aliphatic heterocycles. The number of hydrogen-bond donors (Lipinski definition) is 0. The van der Waals surface area contributed by atoms with Crippen LogP contribution in [0.1, 0.15) is 92.4 Å². The van der Waals surface area contributed by atoms with E-state index in [4.69, 9.17) is 0 Å². The lowest BCUT2D eigenvalue weighted by molar-refractivity contribution is -0.396. The van der Waals surface area contributed by atoms with E-state index in [1.807, 2.05) is 45.1 Å². The van der Waals surface area contributed by atoms with Gasteiger partial charge in [0.25, 0.3) is 0 Å². The maximum absolute atomic E-state index is 15.2. The van der Waals surface area contributed by atoms with E-state index >= 15 is 17.6 Å². The first kappa shape index (κ1) is 55.5. The zero-order chi connectivity index (χ0) is 51.4. The molecule has 17 heteroatoms. The van der Waals surface area contributed by atoms with Crippen molar-refractivity contribution in [1.82, 2.24) is 9.80 Å². The van der Waals surface area contributed by atoms with Crippen molar-refractivity contribution in [1.29, 1.82) is 0 Å². The van der Waals surface area contributed by atoms with Crippen LogP contribution in [0.15, 0.2) is 120 Å². The van der Waals surface area contributed by atoms with Crippen LogP contribution in [0, 0.1) is 11.3 Å². The molecule has 0 radical (unpaired) electrons. The Morgan fingerprint density at radius 3 is 2.07 bits per heavy atom. The first-order valence-electron chi connectivity index (χ1n) is 23.0. The number of nitrogens with zero attached hydrogens (tertiary/aromatic N) is 2. The normalized spacial score (nSPS) is 22.5. The van der Waals surface area contributed by atoms with Crippen LogP contribution in [0.2, 0.25) is 0 Å². The highest BCUT2D eigenvalue weighted by Crippen LogP contribution is 2.56. The van der Waals surface area contributed by atoms with Crippen molar-refractivity contribution in [2.75, 3.05) is 13.1 Å². The fourth-order valence-electron chi connectivity index (χ4n) is 9.69. The maximum Gasteiger partial charge on any atom is 0.460 e. The van der Waals surface area contributed by atoms with E-state index in [1.165, 1.54) is 4.90 Å². The van der Waals surface area contributed by atoms with Crippen LogP contribution in [0.5, 0.6) is 0 Å². The van der Waals surface area contributed by atoms with E-state index in [0.29, 0.717) is 37.8 Å². The molecule has 1 aromatic carbocycles. The maximum atomic E-state index is 15.2. The molecule has 0 N–H and O–H groups in total. The van der Waals surface area contributed by atoms with Crippen molar-refractivity contribution in [3.05, 3.63) is 130 Å². The number of hydrogen-bond acceptors (Lipinski definition) is 2. The summed E-state index contributed by atoms with van der Waals surface area (Å²) in [5, 5.41) is 1.55. The number of halogens is 15. The Hall–Kier alpha value is -4.41. The number of alkyl halides is 15. The van der Waals surface area contributed by atoms with Gasteiger partial charge in [-0.05, 0) is 90.2 Å². The topological polar surface area (TPSA) is 6.48 Å². The predicted molar refractivity (Wildman–Crippen MR) is 240 cm³/mol. The number of benzene rings is 1. The second-order valence-electron chi connectivity index (χ2n) is 19.1. The van der Waals surface area contributed by atoms with Crippen LogP contribution in [0.4, 0.5) is 65.9 Å². The van der Waals surface area contributed by atoms with Crippen LogP contribution in [0.25, 0.3) is 11.6 Å². The lowest BCUT2D eigenvalue weighted by atomic mass is 9.78. The third kappa shape index (κ3) is 12.2. The fraction of sp³-hybridized carbons (Fsp3) is 0.538. The average Bonchev–Trinajstić information content (AvgIpc) is 3.47. The summed E-state index contributed by atoms with van der Waals surface area (Å²) in [6.45, 7) is 7.66. The smallest absolute Gasteiger partial charge is 0.367 e. The van der Waals surface area contributed by atoms with Crippen LogP contribution >= 0.6 is 0 Å². The Morgan fingerprint density at radius 2 is 1.42 bits per heavy atom. The predicted octanol–water partition coefficient (Wildman–Crippen LogP) is 14.5. The Morgan fingerprint density at radius 1 is 0.768 bits per heavy atom. The van der Waals surface area contributed by atoms with Gasteiger partial charge in [0.15, 0.2) is 0 Å². The largest absolute Gasteiger partial charge is 0.460 e. The van der Waals surface area contributed by atoms with Gasteiger partial charge in [-0.1, -0.05) is 125 Å². The average molecular weight is 997 g/mol. The van der Waals surface area contributed by atoms with Crippen molar-refractivity contribution < 1.29 is 65.9 Å². The number of rotatable bonds is 18. The van der Waals surface area contributed by atoms with Gasteiger partial charge in [0.1, 0.15) is 0 Å². The molecule has 2 nitrogen and oxygen atoms in total. The second-order valence-corrected chi connectivity index (χ2v) is 19.1. The van der Waals surface area contributed by atoms with E-state index < -0.39 is 98.1 Å². The molecule has 0 aromatic heterocycles. The Kier molecular flexibility index (Phi) is 17.3. The lowest BCUT2D eigenvalue weighted by Gasteiger charge is -2.38. The van der Waals surface area contributed by atoms with Gasteiger partial charge in [-0.3, -0.25) is 4.90 Å². The number of allylic oxidation sites excluding steroid dienone is 13. The lowest BCUT2D eigenvalue weighted by Crippen LogP contribution is -2.61. The number of likely N-dealkylation sites (tertiary alicyclic amines) is 1. The molecule has 0 bridgehead atoms. The zero-order valence-electron chi connectivity index (χ0n) is 39.0. The highest BCUT2D eigenvalue weighted by molar-refractivity contribution is 5.69. The molecule has 5 rings (SSSR count). The van der Waals surface area contributed by atoms with Crippen LogP contribution in [0.3, 0.4) is 0 Å². The van der Waals surface area contributed by atoms with Crippen LogP contribution in [-0.4, -0.2) is 83.2 Å². The summed E-state index contributed by atoms with van der Waals surface area (Å²) in [6.07, 6.45) is 9.17. The summed E-state index contributed by atoms with van der Waals surface area (Å²) >= 11 is 0. The van der Waals surface area contributed by atoms with Gasteiger partial charge in [0.05, 0.1) is 12.5 Å². The molecule has 3 atom stereocenters. The molecule has 382 valence electrons. The highest BCUT2D eigenvalue weighted by Gasteiger charge is 2.81. The minimum atomic E-state index is -7.02. The third-order valence-electron chi connectivity index (χ3n) is 13.4. The molecule has 1 saturated heterocycles. The summed E-state index contributed by atoms with van der Waals surface area (Å²) in [6, 6.07) is 5.26. The van der Waals surface area contributed by atoms with Crippen molar-refractivity contribution >= 4 is 11.6 Å². The first-order chi connectivity index (χ1) is 32.0. The van der Waals surface area contributed by atoms with Gasteiger partial charge in [-0.25, -0.2) is 8.78 Å². The molecule has 1 fully saturated rings. The summed E-state index contributed by atoms with van der Waals surface area (Å²) in [4.78, 5) is 3.06. The minimum Gasteiger partial charge on any atom is -0.367 e. The molecule has 0 amide bonds. The van der Waals surface area contributed by atoms with Crippen molar-refractivity contribution in [3.8, 4) is 0 Å². The van der Waals surface area contributed by atoms with E-state index in [1.54, 1.807) is 97.7 Å². The quantitative estimate of drug-likeness (QED) is 0.135. The molecule has 3 unspecified atom stereocenters. The first-order valence-corrected chi connectivity index (χ1v) is 23.0. The Labute approximate surface area is 393 Å². The molecular weight excluding hydrogens is 938 g/mol. The van der Waals surface area contributed by atoms with Gasteiger partial charge in [0, 0.05) is 49.1 Å². The summed E-state index contributed by atoms with van der Waals surface area (Å²) < 4.78 is 212. The fourth-order valence-corrected chi connectivity index (χ4v) is 9.69. The summed E-state index contributed by atoms with van der Waals surface area (Å²) in [7, 11) is 0. The van der Waals surface area contributed by atoms with Gasteiger partial charge in [-0.2, -0.15) is 57.1 Å². The van der Waals surface area contributed by atoms with Crippen molar-refractivity contribution in [3.63, 3.8) is 0 Å². The molecule has 4 aliphatic rings. The molecule has 3 aliphatic carbocycles. The molecule has 0 spiro atoms. The van der Waals surface area contributed by atoms with Crippen molar-refractivity contribution in [2.24, 2.45) is 11.3 Å². The third-order valence-corrected chi connectivity index (χ3v) is 13.4. The SMILES string of the molecule is CC1=C(C=CC(CC(C)C)N(CCC(F)(F)C(F)(F)CC(F)F)C2C=CC=CC=CC=CC2)CCCC1=CC=C1N(CCC(F)(F)C(F)(F)C(F)(F)C(F)(F)F)C2CC=c3ccccc3=C2C1(C)C. The molecule has 0 saturated carbocycles. The van der Waals surface area contributed by atoms with E-state index in [9.17, 15) is 48.3 Å². The van der Waals surface area contributed by atoms with Gasteiger partial charge in [-0.15, -0.1) is 0 Å². The molecular formula is C52H59F15N2. The van der Waals surface area contributed by atoms with Crippen LogP contribution < -0.4 is 10.4 Å². The standard InChI is InChI=1S/C52H59F15N2/c1-34(2)32-40(68(39-19-11-9-7-6-8-10-12-20-39)30-28-47(55,56)49(59,60)33-44(53)54)25-22-36-17-15-18-37(35(36)3)24-27-43-46(4,5)45-41-21-14-13-16-38(41)23-26-42(45)69(43)31-29-48(57,58)50(61,62)51(63,64)52(65,66)67/h6-14,16,19,21-25,27,34,39-40,42,44H,15,17-18,20,26,28-33H2,1-5H3. The molecule has 1 aromatic rings. The van der Waals surface area contributed by atoms with E-state index in [-0.39, 0.29) is 12.3 Å². The Balaban J connectivity index is 1.55. The van der Waals surface area contributed by atoms with Crippen LogP contribution in [-0.2, 0) is 0 Å². The summed E-state index contributed by atoms with van der Waals surface area (Å²) in [5.41, 5.74) is 2.48. The van der Waals surface area contributed by atoms with E-state index in [0.717, 1.165) is 32.7 Å². The van der Waals surface area contributed by atoms with Gasteiger partial charge < -0.3 is 4.90 Å². The second kappa shape index (κ2) is 21.5.